The molecule has 0 aliphatic rings. The maximum Gasteiger partial charge on any atom is 0.337 e. The summed E-state index contributed by atoms with van der Waals surface area (Å²) >= 11 is 0. The highest BCUT2D eigenvalue weighted by Gasteiger charge is 2.31. The molecule has 2 aromatic carbocycles. The molecule has 0 saturated heterocycles. The summed E-state index contributed by atoms with van der Waals surface area (Å²) in [5.74, 6) is -6.70. The zero-order chi connectivity index (χ0) is 18.9. The van der Waals surface area contributed by atoms with Crippen LogP contribution < -0.4 is 0 Å². The first kappa shape index (κ1) is 17.7. The molecule has 0 aromatic heterocycles. The first-order valence-corrected chi connectivity index (χ1v) is 6.86. The number of carboxylic acid groups (broad SMARTS) is 4. The van der Waals surface area contributed by atoms with Crippen LogP contribution in [0.1, 0.15) is 47.0 Å². The molecule has 0 spiro atoms. The van der Waals surface area contributed by atoms with Crippen LogP contribution in [0.3, 0.4) is 0 Å². The molecule has 4 N–H and O–H groups in total. The number of rotatable bonds is 5. The van der Waals surface area contributed by atoms with Gasteiger partial charge in [-0.25, -0.2) is 19.2 Å². The van der Waals surface area contributed by atoms with Gasteiger partial charge in [-0.3, -0.25) is 0 Å². The van der Waals surface area contributed by atoms with Gasteiger partial charge in [0.25, 0.3) is 0 Å². The molecule has 0 fully saturated rings. The van der Waals surface area contributed by atoms with Crippen molar-refractivity contribution in [1.29, 1.82) is 0 Å². The van der Waals surface area contributed by atoms with Crippen molar-refractivity contribution in [2.75, 3.05) is 0 Å². The molecule has 0 aliphatic heterocycles. The largest absolute Gasteiger partial charge is 0.478 e. The molecule has 0 aliphatic carbocycles. The van der Waals surface area contributed by atoms with Crippen molar-refractivity contribution in [3.63, 3.8) is 0 Å². The number of carbonyl (C=O) groups is 4. The molecular weight excluding hydrogens is 332 g/mol. The Morgan fingerprint density at radius 1 is 0.680 bits per heavy atom. The minimum Gasteiger partial charge on any atom is -0.478 e. The van der Waals surface area contributed by atoms with Gasteiger partial charge in [0.1, 0.15) is 0 Å². The van der Waals surface area contributed by atoms with E-state index in [4.69, 9.17) is 0 Å². The van der Waals surface area contributed by atoms with Gasteiger partial charge in [-0.1, -0.05) is 29.8 Å². The van der Waals surface area contributed by atoms with Gasteiger partial charge in [-0.15, -0.1) is 0 Å². The molecule has 2 rings (SSSR count). The maximum absolute atomic E-state index is 11.6. The van der Waals surface area contributed by atoms with E-state index in [-0.39, 0.29) is 5.56 Å². The summed E-state index contributed by atoms with van der Waals surface area (Å²) in [6.07, 6.45) is 0. The molecule has 25 heavy (non-hydrogen) atoms. The lowest BCUT2D eigenvalue weighted by Crippen LogP contribution is -2.18. The summed E-state index contributed by atoms with van der Waals surface area (Å²) in [5.41, 5.74) is -2.73. The SMILES string of the molecule is Cc1ccc(-c2c(C(=O)O)c(C(=O)O)cc(C(=O)O)c2C(=O)O)cc1. The van der Waals surface area contributed by atoms with Crippen LogP contribution in [0.2, 0.25) is 0 Å². The topological polar surface area (TPSA) is 149 Å². The third-order valence-corrected chi connectivity index (χ3v) is 3.56. The molecule has 0 bridgehead atoms. The summed E-state index contributed by atoms with van der Waals surface area (Å²) in [7, 11) is 0. The summed E-state index contributed by atoms with van der Waals surface area (Å²) in [6, 6.07) is 6.50. The highest BCUT2D eigenvalue weighted by molar-refractivity contribution is 6.15. The lowest BCUT2D eigenvalue weighted by molar-refractivity contribution is 0.0638. The van der Waals surface area contributed by atoms with Crippen LogP contribution in [0, 0.1) is 6.92 Å². The van der Waals surface area contributed by atoms with Crippen molar-refractivity contribution in [1.82, 2.24) is 0 Å². The second-order valence-corrected chi connectivity index (χ2v) is 5.18. The van der Waals surface area contributed by atoms with Gasteiger partial charge < -0.3 is 20.4 Å². The Bertz CT molecular complexity index is 859. The van der Waals surface area contributed by atoms with E-state index in [2.05, 4.69) is 0 Å². The van der Waals surface area contributed by atoms with Gasteiger partial charge in [-0.2, -0.15) is 0 Å². The van der Waals surface area contributed by atoms with Crippen molar-refractivity contribution in [2.24, 2.45) is 0 Å². The number of hydrogen-bond acceptors (Lipinski definition) is 4. The van der Waals surface area contributed by atoms with E-state index < -0.39 is 51.7 Å². The van der Waals surface area contributed by atoms with Crippen molar-refractivity contribution in [2.45, 2.75) is 6.92 Å². The van der Waals surface area contributed by atoms with Crippen LogP contribution in [0.4, 0.5) is 0 Å². The lowest BCUT2D eigenvalue weighted by atomic mass is 9.87. The smallest absolute Gasteiger partial charge is 0.337 e. The van der Waals surface area contributed by atoms with Gasteiger partial charge in [0.05, 0.1) is 22.3 Å². The van der Waals surface area contributed by atoms with Crippen molar-refractivity contribution in [3.05, 3.63) is 58.1 Å². The van der Waals surface area contributed by atoms with E-state index in [1.54, 1.807) is 19.1 Å². The Morgan fingerprint density at radius 2 is 1.08 bits per heavy atom. The van der Waals surface area contributed by atoms with E-state index in [9.17, 15) is 39.6 Å². The molecular formula is C17H12O8. The van der Waals surface area contributed by atoms with Crippen molar-refractivity contribution < 1.29 is 39.6 Å². The van der Waals surface area contributed by atoms with Gasteiger partial charge in [0.2, 0.25) is 0 Å². The normalized spacial score (nSPS) is 10.3. The number of hydrogen-bond donors (Lipinski definition) is 4. The zero-order valence-corrected chi connectivity index (χ0v) is 12.8. The third-order valence-electron chi connectivity index (χ3n) is 3.56. The molecule has 0 atom stereocenters. The molecule has 0 amide bonds. The van der Waals surface area contributed by atoms with E-state index in [1.807, 2.05) is 0 Å². The van der Waals surface area contributed by atoms with Crippen LogP contribution in [0.15, 0.2) is 30.3 Å². The summed E-state index contributed by atoms with van der Waals surface area (Å²) in [4.78, 5) is 46.1. The van der Waals surface area contributed by atoms with Crippen LogP contribution in [0.5, 0.6) is 0 Å². The predicted octanol–water partition coefficient (Wildman–Crippen LogP) is 2.45. The first-order valence-electron chi connectivity index (χ1n) is 6.86. The zero-order valence-electron chi connectivity index (χ0n) is 12.8. The Labute approximate surface area is 140 Å². The number of aryl methyl sites for hydroxylation is 1. The fourth-order valence-corrected chi connectivity index (χ4v) is 2.47. The van der Waals surface area contributed by atoms with Gasteiger partial charge in [0.15, 0.2) is 0 Å². The molecule has 0 unspecified atom stereocenters. The highest BCUT2D eigenvalue weighted by Crippen LogP contribution is 2.34. The highest BCUT2D eigenvalue weighted by atomic mass is 16.4. The molecule has 0 saturated carbocycles. The minimum absolute atomic E-state index is 0.0889. The number of carboxylic acids is 4. The number of aromatic carboxylic acids is 4. The first-order chi connectivity index (χ1) is 11.6. The average molecular weight is 344 g/mol. The molecule has 128 valence electrons. The molecule has 0 heterocycles. The second kappa shape index (κ2) is 6.44. The fourth-order valence-electron chi connectivity index (χ4n) is 2.47. The van der Waals surface area contributed by atoms with Gasteiger partial charge in [0, 0.05) is 5.56 Å². The van der Waals surface area contributed by atoms with Crippen LogP contribution in [-0.2, 0) is 0 Å². The number of benzene rings is 2. The Hall–Kier alpha value is -3.68. The van der Waals surface area contributed by atoms with Crippen LogP contribution in [0.25, 0.3) is 11.1 Å². The van der Waals surface area contributed by atoms with Crippen LogP contribution >= 0.6 is 0 Å². The standard InChI is InChI=1S/C17H12O8/c1-7-2-4-8(5-3-7)11-12(16(22)23)9(14(18)19)6-10(15(20)21)13(11)17(24)25/h2-6H,1H3,(H,18,19)(H,20,21)(H,22,23)(H,24,25). The van der Waals surface area contributed by atoms with Crippen molar-refractivity contribution in [3.8, 4) is 11.1 Å². The van der Waals surface area contributed by atoms with E-state index in [0.717, 1.165) is 5.56 Å². The van der Waals surface area contributed by atoms with Gasteiger partial charge >= 0.3 is 23.9 Å². The maximum atomic E-state index is 11.6. The molecule has 0 radical (unpaired) electrons. The van der Waals surface area contributed by atoms with Gasteiger partial charge in [-0.05, 0) is 18.6 Å². The minimum atomic E-state index is -1.68. The Kier molecular flexibility index (Phi) is 4.55. The lowest BCUT2D eigenvalue weighted by Gasteiger charge is -2.15. The summed E-state index contributed by atoms with van der Waals surface area (Å²) in [5, 5.41) is 37.4. The van der Waals surface area contributed by atoms with E-state index in [1.165, 1.54) is 12.1 Å². The molecule has 8 heteroatoms. The second-order valence-electron chi connectivity index (χ2n) is 5.18. The average Bonchev–Trinajstić information content (AvgIpc) is 2.52. The fraction of sp³-hybridized carbons (Fsp3) is 0.0588. The monoisotopic (exact) mass is 344 g/mol. The predicted molar refractivity (Wildman–Crippen MR) is 84.5 cm³/mol. The van der Waals surface area contributed by atoms with E-state index in [0.29, 0.717) is 6.07 Å². The summed E-state index contributed by atoms with van der Waals surface area (Å²) in [6.45, 7) is 1.75. The quantitative estimate of drug-likeness (QED) is 0.646. The Balaban J connectivity index is 3.10. The van der Waals surface area contributed by atoms with E-state index >= 15 is 0 Å². The molecule has 8 nitrogen and oxygen atoms in total. The summed E-state index contributed by atoms with van der Waals surface area (Å²) < 4.78 is 0. The third kappa shape index (κ3) is 3.18. The van der Waals surface area contributed by atoms with Crippen molar-refractivity contribution >= 4 is 23.9 Å². The Morgan fingerprint density at radius 3 is 1.40 bits per heavy atom. The van der Waals surface area contributed by atoms with Crippen LogP contribution in [-0.4, -0.2) is 44.3 Å². The molecule has 2 aromatic rings.